The molecule has 1 unspecified atom stereocenters. The Hall–Kier alpha value is -3.86. The highest BCUT2D eigenvalue weighted by molar-refractivity contribution is 5.84. The van der Waals surface area contributed by atoms with Gasteiger partial charge in [-0.2, -0.15) is 18.3 Å². The molecule has 7 nitrogen and oxygen atoms in total. The molecule has 4 rings (SSSR count). The van der Waals surface area contributed by atoms with Crippen LogP contribution in [-0.2, 0) is 26.2 Å². The number of carbonyl (C=O) groups is 1. The van der Waals surface area contributed by atoms with Gasteiger partial charge in [-0.3, -0.25) is 19.4 Å². The van der Waals surface area contributed by atoms with Gasteiger partial charge < -0.3 is 4.57 Å². The second-order valence-electron chi connectivity index (χ2n) is 9.39. The van der Waals surface area contributed by atoms with Gasteiger partial charge in [-0.1, -0.05) is 0 Å². The standard InChI is InChI=1S/C27H28F4N6O/c1-17-9-25(33-12-24(17)28)18(2)35(3)7-5-21-20(15-38)10-19(13-37-8-6-32-16-37)11-22(21)23-14-36(4)34-26(23)27(29,30)31/h6,8-12,14-16,18H,5,7,13H2,1-4H3. The molecule has 0 bridgehead atoms. The van der Waals surface area contributed by atoms with E-state index in [0.717, 1.165) is 4.68 Å². The quantitative estimate of drug-likeness (QED) is 0.220. The van der Waals surface area contributed by atoms with Crippen molar-refractivity contribution >= 4 is 6.29 Å². The summed E-state index contributed by atoms with van der Waals surface area (Å²) in [5.41, 5.74) is 1.83. The Bertz CT molecular complexity index is 1430. The van der Waals surface area contributed by atoms with E-state index < -0.39 is 17.7 Å². The maximum atomic E-state index is 13.9. The Labute approximate surface area is 217 Å². The first kappa shape index (κ1) is 27.2. The molecule has 3 aromatic heterocycles. The SMILES string of the molecule is Cc1cc(C(C)N(C)CCc2c(C=O)cc(Cn3ccnc3)cc2-c2cn(C)nc2C(F)(F)F)ncc1F. The van der Waals surface area contributed by atoms with E-state index in [4.69, 9.17) is 0 Å². The molecule has 0 aliphatic carbocycles. The lowest BCUT2D eigenvalue weighted by atomic mass is 9.91. The number of likely N-dealkylation sites (N-methyl/N-ethyl adjacent to an activating group) is 1. The van der Waals surface area contributed by atoms with Crippen molar-refractivity contribution in [1.29, 1.82) is 0 Å². The fourth-order valence-corrected chi connectivity index (χ4v) is 4.46. The van der Waals surface area contributed by atoms with Crippen molar-refractivity contribution in [2.45, 2.75) is 39.0 Å². The summed E-state index contributed by atoms with van der Waals surface area (Å²) in [6.45, 7) is 4.32. The second kappa shape index (κ2) is 10.9. The number of rotatable bonds is 9. The number of aldehydes is 1. The van der Waals surface area contributed by atoms with Gasteiger partial charge in [0.05, 0.1) is 18.2 Å². The topological polar surface area (TPSA) is 68.8 Å². The molecule has 1 atom stereocenters. The highest BCUT2D eigenvalue weighted by Gasteiger charge is 2.38. The van der Waals surface area contributed by atoms with Crippen molar-refractivity contribution in [3.63, 3.8) is 0 Å². The fraction of sp³-hybridized carbons (Fsp3) is 0.333. The molecule has 0 amide bonds. The van der Waals surface area contributed by atoms with E-state index in [2.05, 4.69) is 15.1 Å². The number of alkyl halides is 3. The fourth-order valence-electron chi connectivity index (χ4n) is 4.46. The van der Waals surface area contributed by atoms with E-state index in [-0.39, 0.29) is 11.6 Å². The van der Waals surface area contributed by atoms with Crippen LogP contribution in [0.25, 0.3) is 11.1 Å². The van der Waals surface area contributed by atoms with E-state index >= 15 is 0 Å². The van der Waals surface area contributed by atoms with Gasteiger partial charge in [-0.15, -0.1) is 0 Å². The summed E-state index contributed by atoms with van der Waals surface area (Å²) in [6.07, 6.45) is 3.74. The monoisotopic (exact) mass is 528 g/mol. The van der Waals surface area contributed by atoms with Crippen LogP contribution in [0, 0.1) is 12.7 Å². The highest BCUT2D eigenvalue weighted by Crippen LogP contribution is 2.39. The third kappa shape index (κ3) is 5.83. The minimum absolute atomic E-state index is 0.0860. The highest BCUT2D eigenvalue weighted by atomic mass is 19.4. The van der Waals surface area contributed by atoms with Gasteiger partial charge in [0, 0.05) is 55.9 Å². The third-order valence-electron chi connectivity index (χ3n) is 6.65. The molecule has 200 valence electrons. The zero-order valence-electron chi connectivity index (χ0n) is 21.5. The summed E-state index contributed by atoms with van der Waals surface area (Å²) < 4.78 is 58.4. The molecule has 0 fully saturated rings. The first-order chi connectivity index (χ1) is 18.0. The van der Waals surface area contributed by atoms with Crippen molar-refractivity contribution in [3.05, 3.63) is 88.8 Å². The van der Waals surface area contributed by atoms with Gasteiger partial charge in [0.25, 0.3) is 0 Å². The van der Waals surface area contributed by atoms with Crippen LogP contribution >= 0.6 is 0 Å². The Kier molecular flexibility index (Phi) is 7.77. The van der Waals surface area contributed by atoms with Crippen LogP contribution in [-0.4, -0.2) is 49.1 Å². The predicted molar refractivity (Wildman–Crippen MR) is 134 cm³/mol. The van der Waals surface area contributed by atoms with E-state index in [0.29, 0.717) is 59.3 Å². The van der Waals surface area contributed by atoms with Crippen LogP contribution in [0.4, 0.5) is 17.6 Å². The Balaban J connectivity index is 1.73. The molecule has 0 N–H and O–H groups in total. The maximum Gasteiger partial charge on any atom is 0.435 e. The number of aromatic nitrogens is 5. The Morgan fingerprint density at radius 3 is 2.58 bits per heavy atom. The number of hydrogen-bond donors (Lipinski definition) is 0. The van der Waals surface area contributed by atoms with Gasteiger partial charge in [-0.25, -0.2) is 9.37 Å². The number of aryl methyl sites for hydroxylation is 2. The van der Waals surface area contributed by atoms with E-state index in [1.165, 1.54) is 19.4 Å². The average Bonchev–Trinajstić information content (AvgIpc) is 3.53. The van der Waals surface area contributed by atoms with Gasteiger partial charge in [0.2, 0.25) is 0 Å². The van der Waals surface area contributed by atoms with Crippen LogP contribution in [0.1, 0.15) is 51.4 Å². The van der Waals surface area contributed by atoms with Crippen molar-refractivity contribution in [2.75, 3.05) is 13.6 Å². The van der Waals surface area contributed by atoms with Gasteiger partial charge >= 0.3 is 6.18 Å². The lowest BCUT2D eigenvalue weighted by molar-refractivity contribution is -0.140. The van der Waals surface area contributed by atoms with Crippen LogP contribution in [0.2, 0.25) is 0 Å². The van der Waals surface area contributed by atoms with Crippen molar-refractivity contribution < 1.29 is 22.4 Å². The molecule has 3 heterocycles. The Morgan fingerprint density at radius 2 is 1.95 bits per heavy atom. The maximum absolute atomic E-state index is 13.9. The zero-order valence-corrected chi connectivity index (χ0v) is 21.5. The van der Waals surface area contributed by atoms with Crippen LogP contribution in [0.5, 0.6) is 0 Å². The molecular formula is C27H28F4N6O. The predicted octanol–water partition coefficient (Wildman–Crippen LogP) is 5.24. The van der Waals surface area contributed by atoms with Gasteiger partial charge in [0.1, 0.15) is 12.1 Å². The zero-order chi connectivity index (χ0) is 27.6. The van der Waals surface area contributed by atoms with Crippen LogP contribution in [0.15, 0.2) is 49.3 Å². The lowest BCUT2D eigenvalue weighted by Gasteiger charge is -2.25. The molecule has 4 aromatic rings. The van der Waals surface area contributed by atoms with Crippen molar-refractivity contribution in [2.24, 2.45) is 7.05 Å². The summed E-state index contributed by atoms with van der Waals surface area (Å²) >= 11 is 0. The van der Waals surface area contributed by atoms with Gasteiger partial charge in [0.15, 0.2) is 5.69 Å². The molecule has 0 spiro atoms. The smallest absolute Gasteiger partial charge is 0.333 e. The summed E-state index contributed by atoms with van der Waals surface area (Å²) in [5.74, 6) is -0.392. The normalized spacial score (nSPS) is 12.8. The van der Waals surface area contributed by atoms with Crippen LogP contribution < -0.4 is 0 Å². The first-order valence-electron chi connectivity index (χ1n) is 12.0. The molecule has 38 heavy (non-hydrogen) atoms. The number of imidazole rings is 1. The van der Waals surface area contributed by atoms with E-state index in [1.54, 1.807) is 48.4 Å². The Morgan fingerprint density at radius 1 is 1.18 bits per heavy atom. The van der Waals surface area contributed by atoms with Crippen LogP contribution in [0.3, 0.4) is 0 Å². The average molecular weight is 529 g/mol. The molecule has 0 radical (unpaired) electrons. The largest absolute Gasteiger partial charge is 0.435 e. The molecular weight excluding hydrogens is 500 g/mol. The molecule has 0 aliphatic rings. The number of halogens is 4. The minimum atomic E-state index is -4.67. The molecule has 0 aliphatic heterocycles. The summed E-state index contributed by atoms with van der Waals surface area (Å²) in [6, 6.07) is 4.86. The second-order valence-corrected chi connectivity index (χ2v) is 9.39. The summed E-state index contributed by atoms with van der Waals surface area (Å²) in [7, 11) is 3.28. The lowest BCUT2D eigenvalue weighted by Crippen LogP contribution is -2.26. The molecule has 0 saturated carbocycles. The summed E-state index contributed by atoms with van der Waals surface area (Å²) in [5, 5.41) is 3.68. The van der Waals surface area contributed by atoms with Gasteiger partial charge in [-0.05, 0) is 67.8 Å². The number of hydrogen-bond acceptors (Lipinski definition) is 5. The van der Waals surface area contributed by atoms with E-state index in [9.17, 15) is 22.4 Å². The first-order valence-corrected chi connectivity index (χ1v) is 12.0. The van der Waals surface area contributed by atoms with E-state index in [1.807, 2.05) is 18.9 Å². The molecule has 11 heteroatoms. The van der Waals surface area contributed by atoms with Crippen molar-refractivity contribution in [1.82, 2.24) is 29.2 Å². The minimum Gasteiger partial charge on any atom is -0.333 e. The number of pyridine rings is 1. The number of benzene rings is 1. The molecule has 0 saturated heterocycles. The number of nitrogens with zero attached hydrogens (tertiary/aromatic N) is 6. The third-order valence-corrected chi connectivity index (χ3v) is 6.65. The van der Waals surface area contributed by atoms with Crippen molar-refractivity contribution in [3.8, 4) is 11.1 Å². The molecule has 1 aromatic carbocycles. The number of carbonyl (C=O) groups excluding carboxylic acids is 1. The summed E-state index contributed by atoms with van der Waals surface area (Å²) in [4.78, 5) is 22.4.